The van der Waals surface area contributed by atoms with Crippen molar-refractivity contribution in [2.75, 3.05) is 27.3 Å². The average Bonchev–Trinajstić information content (AvgIpc) is 2.94. The Hall–Kier alpha value is -1.02. The Labute approximate surface area is 153 Å². The zero-order valence-electron chi connectivity index (χ0n) is 14.5. The number of rotatable bonds is 4. The van der Waals surface area contributed by atoms with Crippen LogP contribution in [0.4, 0.5) is 0 Å². The molecule has 8 heteroatoms. The highest BCUT2D eigenvalue weighted by atomic mass is 35.5. The van der Waals surface area contributed by atoms with Crippen molar-refractivity contribution in [3.8, 4) is 11.5 Å². The van der Waals surface area contributed by atoms with Crippen LogP contribution >= 0.6 is 11.6 Å². The van der Waals surface area contributed by atoms with Gasteiger partial charge in [-0.3, -0.25) is 0 Å². The topological polar surface area (TPSA) is 76.1 Å². The Kier molecular flexibility index (Phi) is 5.21. The lowest BCUT2D eigenvalue weighted by molar-refractivity contribution is 0.0126. The molecule has 1 aliphatic heterocycles. The number of hydrogen-bond acceptors (Lipinski definition) is 5. The Bertz CT molecular complexity index is 754. The van der Waals surface area contributed by atoms with Crippen LogP contribution in [0.5, 0.6) is 11.5 Å². The lowest BCUT2D eigenvalue weighted by atomic mass is 9.77. The first-order valence-electron chi connectivity index (χ1n) is 8.44. The van der Waals surface area contributed by atoms with Gasteiger partial charge in [-0.25, -0.2) is 8.42 Å². The number of nitrogens with zero attached hydrogens (tertiary/aromatic N) is 1. The molecule has 1 spiro atoms. The summed E-state index contributed by atoms with van der Waals surface area (Å²) in [5, 5.41) is 10.7. The quantitative estimate of drug-likeness (QED) is 0.856. The van der Waals surface area contributed by atoms with Crippen LogP contribution in [0.15, 0.2) is 17.0 Å². The molecule has 0 bridgehead atoms. The molecular weight excluding hydrogens is 366 g/mol. The molecule has 1 aliphatic carbocycles. The van der Waals surface area contributed by atoms with Crippen molar-refractivity contribution in [3.05, 3.63) is 17.2 Å². The molecule has 25 heavy (non-hydrogen) atoms. The summed E-state index contributed by atoms with van der Waals surface area (Å²) in [6, 6.07) is 2.86. The minimum Gasteiger partial charge on any atom is -0.495 e. The van der Waals surface area contributed by atoms with E-state index < -0.39 is 16.1 Å². The van der Waals surface area contributed by atoms with Crippen LogP contribution in [0.3, 0.4) is 0 Å². The molecule has 1 saturated carbocycles. The summed E-state index contributed by atoms with van der Waals surface area (Å²) < 4.78 is 38.4. The van der Waals surface area contributed by atoms with Gasteiger partial charge in [0.1, 0.15) is 16.4 Å². The summed E-state index contributed by atoms with van der Waals surface area (Å²) in [5.41, 5.74) is -0.324. The van der Waals surface area contributed by atoms with Crippen LogP contribution in [0, 0.1) is 5.41 Å². The van der Waals surface area contributed by atoms with Crippen molar-refractivity contribution >= 4 is 21.6 Å². The second-order valence-corrected chi connectivity index (χ2v) is 9.16. The lowest BCUT2D eigenvalue weighted by Crippen LogP contribution is -2.49. The van der Waals surface area contributed by atoms with Gasteiger partial charge < -0.3 is 14.6 Å². The maximum absolute atomic E-state index is 13.3. The highest BCUT2D eigenvalue weighted by molar-refractivity contribution is 7.89. The second kappa shape index (κ2) is 6.95. The molecule has 0 unspecified atom stereocenters. The van der Waals surface area contributed by atoms with E-state index in [1.165, 1.54) is 30.7 Å². The number of ether oxygens (including phenoxy) is 2. The largest absolute Gasteiger partial charge is 0.495 e. The van der Waals surface area contributed by atoms with E-state index in [4.69, 9.17) is 21.1 Å². The molecule has 6 nitrogen and oxygen atoms in total. The highest BCUT2D eigenvalue weighted by Crippen LogP contribution is 2.46. The fraction of sp³-hybridized carbons (Fsp3) is 0.647. The molecular formula is C17H24ClNO5S. The molecule has 1 aromatic rings. The normalized spacial score (nSPS) is 27.6. The molecule has 2 aliphatic rings. The van der Waals surface area contributed by atoms with Crippen LogP contribution in [-0.4, -0.2) is 51.2 Å². The zero-order chi connectivity index (χ0) is 18.2. The molecule has 3 rings (SSSR count). The zero-order valence-corrected chi connectivity index (χ0v) is 16.1. The summed E-state index contributed by atoms with van der Waals surface area (Å²) in [6.45, 7) is 0.773. The third-order valence-corrected chi connectivity index (χ3v) is 7.65. The first-order valence-corrected chi connectivity index (χ1v) is 10.3. The minimum absolute atomic E-state index is 0.0424. The van der Waals surface area contributed by atoms with Gasteiger partial charge >= 0.3 is 0 Å². The number of piperidine rings is 1. The number of benzene rings is 1. The van der Waals surface area contributed by atoms with Gasteiger partial charge in [0, 0.05) is 30.6 Å². The second-order valence-electron chi connectivity index (χ2n) is 6.85. The van der Waals surface area contributed by atoms with Gasteiger partial charge in [-0.15, -0.1) is 0 Å². The molecule has 0 radical (unpaired) electrons. The van der Waals surface area contributed by atoms with Crippen molar-refractivity contribution in [2.24, 2.45) is 5.41 Å². The predicted octanol–water partition coefficient (Wildman–Crippen LogP) is 2.67. The molecule has 2 atom stereocenters. The van der Waals surface area contributed by atoms with Crippen LogP contribution in [-0.2, 0) is 10.0 Å². The minimum atomic E-state index is -3.78. The Balaban J connectivity index is 1.99. The van der Waals surface area contributed by atoms with E-state index in [1.807, 2.05) is 0 Å². The third-order valence-electron chi connectivity index (χ3n) is 5.49. The number of hydrogen-bond donors (Lipinski definition) is 1. The number of sulfonamides is 1. The van der Waals surface area contributed by atoms with Crippen molar-refractivity contribution in [2.45, 2.75) is 43.1 Å². The Morgan fingerprint density at radius 2 is 1.88 bits per heavy atom. The monoisotopic (exact) mass is 389 g/mol. The highest BCUT2D eigenvalue weighted by Gasteiger charge is 2.47. The van der Waals surface area contributed by atoms with Gasteiger partial charge in [0.15, 0.2) is 0 Å². The smallest absolute Gasteiger partial charge is 0.246 e. The van der Waals surface area contributed by atoms with E-state index in [-0.39, 0.29) is 21.8 Å². The standard InChI is InChI=1S/C17H24ClNO5S/c1-23-13-10-15(14(24-2)9-12(13)18)25(21,22)19-8-4-7-17(11-19)6-3-5-16(17)20/h9-10,16,20H,3-8,11H2,1-2H3/t16-,17+/m1/s1. The summed E-state index contributed by atoms with van der Waals surface area (Å²) >= 11 is 6.09. The van der Waals surface area contributed by atoms with Crippen LogP contribution in [0.25, 0.3) is 0 Å². The molecule has 2 fully saturated rings. The van der Waals surface area contributed by atoms with Gasteiger partial charge in [0.2, 0.25) is 10.0 Å². The van der Waals surface area contributed by atoms with E-state index in [0.29, 0.717) is 18.1 Å². The van der Waals surface area contributed by atoms with Crippen molar-refractivity contribution in [3.63, 3.8) is 0 Å². The van der Waals surface area contributed by atoms with Crippen molar-refractivity contribution < 1.29 is 23.0 Å². The summed E-state index contributed by atoms with van der Waals surface area (Å²) in [4.78, 5) is 0.0424. The SMILES string of the molecule is COc1cc(S(=O)(=O)N2CCC[C@@]3(CCC[C@H]3O)C2)c(OC)cc1Cl. The molecule has 1 heterocycles. The fourth-order valence-electron chi connectivity index (χ4n) is 4.09. The summed E-state index contributed by atoms with van der Waals surface area (Å²) in [6.07, 6.45) is 3.71. The van der Waals surface area contributed by atoms with Gasteiger partial charge in [-0.2, -0.15) is 4.31 Å². The number of methoxy groups -OCH3 is 2. The van der Waals surface area contributed by atoms with E-state index in [0.717, 1.165) is 32.1 Å². The Morgan fingerprint density at radius 3 is 2.48 bits per heavy atom. The van der Waals surface area contributed by atoms with Gasteiger partial charge in [0.25, 0.3) is 0 Å². The average molecular weight is 390 g/mol. The lowest BCUT2D eigenvalue weighted by Gasteiger charge is -2.41. The molecule has 0 aromatic heterocycles. The molecule has 0 amide bonds. The van der Waals surface area contributed by atoms with Crippen molar-refractivity contribution in [1.29, 1.82) is 0 Å². The van der Waals surface area contributed by atoms with Gasteiger partial charge in [0.05, 0.1) is 25.3 Å². The summed E-state index contributed by atoms with van der Waals surface area (Å²) in [7, 11) is -0.931. The predicted molar refractivity (Wildman–Crippen MR) is 94.8 cm³/mol. The molecule has 1 N–H and O–H groups in total. The third kappa shape index (κ3) is 3.23. The van der Waals surface area contributed by atoms with E-state index in [2.05, 4.69) is 0 Å². The summed E-state index contributed by atoms with van der Waals surface area (Å²) in [5.74, 6) is 0.478. The van der Waals surface area contributed by atoms with Crippen LogP contribution in [0.2, 0.25) is 5.02 Å². The maximum Gasteiger partial charge on any atom is 0.246 e. The molecule has 140 valence electrons. The van der Waals surface area contributed by atoms with E-state index in [9.17, 15) is 13.5 Å². The molecule has 1 saturated heterocycles. The van der Waals surface area contributed by atoms with Gasteiger partial charge in [-0.1, -0.05) is 18.0 Å². The molecule has 1 aromatic carbocycles. The van der Waals surface area contributed by atoms with Crippen LogP contribution < -0.4 is 9.47 Å². The number of aliphatic hydroxyl groups excluding tert-OH is 1. The first-order chi connectivity index (χ1) is 11.8. The fourth-order valence-corrected chi connectivity index (χ4v) is 6.05. The van der Waals surface area contributed by atoms with Crippen molar-refractivity contribution in [1.82, 2.24) is 4.31 Å². The van der Waals surface area contributed by atoms with Gasteiger partial charge in [-0.05, 0) is 25.7 Å². The first kappa shape index (κ1) is 18.8. The number of aliphatic hydroxyl groups is 1. The Morgan fingerprint density at radius 1 is 1.20 bits per heavy atom. The van der Waals surface area contributed by atoms with Crippen LogP contribution in [0.1, 0.15) is 32.1 Å². The number of halogens is 1. The van der Waals surface area contributed by atoms with E-state index in [1.54, 1.807) is 0 Å². The van der Waals surface area contributed by atoms with E-state index >= 15 is 0 Å². The maximum atomic E-state index is 13.3.